The number of benzene rings is 1. The molecular formula is C13H19NO2. The zero-order chi connectivity index (χ0) is 11.4. The van der Waals surface area contributed by atoms with E-state index in [1.165, 1.54) is 5.56 Å². The van der Waals surface area contributed by atoms with Crippen LogP contribution in [-0.4, -0.2) is 25.8 Å². The van der Waals surface area contributed by atoms with Crippen molar-refractivity contribution in [2.24, 2.45) is 0 Å². The van der Waals surface area contributed by atoms with Gasteiger partial charge in [-0.25, -0.2) is 0 Å². The average molecular weight is 221 g/mol. The van der Waals surface area contributed by atoms with E-state index in [0.29, 0.717) is 6.61 Å². The summed E-state index contributed by atoms with van der Waals surface area (Å²) in [5.41, 5.74) is 1.19. The third-order valence-corrected chi connectivity index (χ3v) is 2.70. The van der Waals surface area contributed by atoms with Gasteiger partial charge >= 0.3 is 0 Å². The van der Waals surface area contributed by atoms with Gasteiger partial charge in [0.25, 0.3) is 0 Å². The Kier molecular flexibility index (Phi) is 3.80. The van der Waals surface area contributed by atoms with Crippen LogP contribution < -0.4 is 10.1 Å². The molecule has 1 N–H and O–H groups in total. The molecule has 3 heteroatoms. The predicted molar refractivity (Wildman–Crippen MR) is 63.8 cm³/mol. The number of morpholine rings is 1. The van der Waals surface area contributed by atoms with E-state index in [0.717, 1.165) is 18.8 Å². The first-order chi connectivity index (χ1) is 7.79. The lowest BCUT2D eigenvalue weighted by Gasteiger charge is -2.29. The van der Waals surface area contributed by atoms with Gasteiger partial charge in [0.05, 0.1) is 18.8 Å². The molecule has 0 spiro atoms. The molecule has 2 rings (SSSR count). The van der Waals surface area contributed by atoms with E-state index in [-0.39, 0.29) is 12.2 Å². The number of ether oxygens (including phenoxy) is 2. The highest BCUT2D eigenvalue weighted by molar-refractivity contribution is 5.30. The fraction of sp³-hybridized carbons (Fsp3) is 0.538. The molecule has 1 fully saturated rings. The Labute approximate surface area is 96.8 Å². The molecule has 0 radical (unpaired) electrons. The van der Waals surface area contributed by atoms with Gasteiger partial charge in [-0.3, -0.25) is 0 Å². The molecule has 1 heterocycles. The summed E-state index contributed by atoms with van der Waals surface area (Å²) in [4.78, 5) is 0. The first kappa shape index (κ1) is 11.4. The monoisotopic (exact) mass is 221 g/mol. The zero-order valence-electron chi connectivity index (χ0n) is 9.90. The Hall–Kier alpha value is -1.06. The Morgan fingerprint density at radius 2 is 2.31 bits per heavy atom. The Morgan fingerprint density at radius 1 is 1.44 bits per heavy atom. The second kappa shape index (κ2) is 5.32. The minimum absolute atomic E-state index is 0.143. The molecule has 2 unspecified atom stereocenters. The summed E-state index contributed by atoms with van der Waals surface area (Å²) in [6, 6.07) is 8.15. The van der Waals surface area contributed by atoms with Crippen molar-refractivity contribution in [1.29, 1.82) is 0 Å². The van der Waals surface area contributed by atoms with E-state index < -0.39 is 0 Å². The van der Waals surface area contributed by atoms with Crippen LogP contribution in [0.25, 0.3) is 0 Å². The summed E-state index contributed by atoms with van der Waals surface area (Å²) in [6.07, 6.45) is 0.415. The van der Waals surface area contributed by atoms with Crippen molar-refractivity contribution in [2.75, 3.05) is 19.7 Å². The lowest BCUT2D eigenvalue weighted by atomic mass is 10.1. The average Bonchev–Trinajstić information content (AvgIpc) is 2.30. The molecule has 0 saturated carbocycles. The normalized spacial score (nSPS) is 25.4. The minimum atomic E-state index is 0.143. The van der Waals surface area contributed by atoms with Crippen LogP contribution in [0.4, 0.5) is 0 Å². The van der Waals surface area contributed by atoms with E-state index in [1.54, 1.807) is 0 Å². The molecule has 0 aliphatic carbocycles. The van der Waals surface area contributed by atoms with Gasteiger partial charge in [0.1, 0.15) is 5.75 Å². The second-order valence-corrected chi connectivity index (χ2v) is 4.10. The fourth-order valence-corrected chi connectivity index (χ4v) is 1.96. The molecule has 1 saturated heterocycles. The summed E-state index contributed by atoms with van der Waals surface area (Å²) in [5.74, 6) is 0.918. The number of hydrogen-bond donors (Lipinski definition) is 1. The van der Waals surface area contributed by atoms with E-state index in [9.17, 15) is 0 Å². The third kappa shape index (κ3) is 2.74. The maximum Gasteiger partial charge on any atom is 0.119 e. The molecule has 0 amide bonds. The maximum absolute atomic E-state index is 5.89. The van der Waals surface area contributed by atoms with Crippen LogP contribution >= 0.6 is 0 Å². The quantitative estimate of drug-likeness (QED) is 0.848. The van der Waals surface area contributed by atoms with Crippen molar-refractivity contribution in [3.8, 4) is 5.75 Å². The Balaban J connectivity index is 2.09. The highest BCUT2D eigenvalue weighted by atomic mass is 16.5. The number of rotatable bonds is 3. The second-order valence-electron chi connectivity index (χ2n) is 4.10. The highest BCUT2D eigenvalue weighted by Gasteiger charge is 2.20. The molecule has 16 heavy (non-hydrogen) atoms. The van der Waals surface area contributed by atoms with Crippen molar-refractivity contribution in [3.63, 3.8) is 0 Å². The summed E-state index contributed by atoms with van der Waals surface area (Å²) in [5, 5.41) is 3.37. The number of nitrogens with one attached hydrogen (secondary N) is 1. The molecule has 0 aromatic heterocycles. The highest BCUT2D eigenvalue weighted by Crippen LogP contribution is 2.24. The van der Waals surface area contributed by atoms with Gasteiger partial charge in [-0.05, 0) is 31.5 Å². The Bertz CT molecular complexity index is 340. The standard InChI is InChI=1S/C13H19NO2/c1-3-15-12-6-4-5-11(7-12)13-9-14-8-10(2)16-13/h4-7,10,13-14H,3,8-9H2,1-2H3. The summed E-state index contributed by atoms with van der Waals surface area (Å²) in [7, 11) is 0. The first-order valence-corrected chi connectivity index (χ1v) is 5.88. The van der Waals surface area contributed by atoms with Crippen LogP contribution in [0.15, 0.2) is 24.3 Å². The molecule has 1 aromatic rings. The minimum Gasteiger partial charge on any atom is -0.494 e. The van der Waals surface area contributed by atoms with Crippen molar-refractivity contribution in [1.82, 2.24) is 5.32 Å². The van der Waals surface area contributed by atoms with Crippen LogP contribution in [0.1, 0.15) is 25.5 Å². The van der Waals surface area contributed by atoms with Crippen LogP contribution in [0.3, 0.4) is 0 Å². The topological polar surface area (TPSA) is 30.5 Å². The lowest BCUT2D eigenvalue weighted by molar-refractivity contribution is -0.0288. The fourth-order valence-electron chi connectivity index (χ4n) is 1.96. The van der Waals surface area contributed by atoms with Gasteiger partial charge < -0.3 is 14.8 Å². The van der Waals surface area contributed by atoms with E-state index >= 15 is 0 Å². The van der Waals surface area contributed by atoms with Crippen molar-refractivity contribution in [3.05, 3.63) is 29.8 Å². The lowest BCUT2D eigenvalue weighted by Crippen LogP contribution is -2.38. The molecule has 2 atom stereocenters. The molecule has 1 aromatic carbocycles. The van der Waals surface area contributed by atoms with Gasteiger partial charge in [0.2, 0.25) is 0 Å². The third-order valence-electron chi connectivity index (χ3n) is 2.70. The molecule has 3 nitrogen and oxygen atoms in total. The van der Waals surface area contributed by atoms with Gasteiger partial charge in [0, 0.05) is 13.1 Å². The SMILES string of the molecule is CCOc1cccc(C2CNCC(C)O2)c1. The Morgan fingerprint density at radius 3 is 3.06 bits per heavy atom. The number of hydrogen-bond acceptors (Lipinski definition) is 3. The molecule has 88 valence electrons. The van der Waals surface area contributed by atoms with E-state index in [1.807, 2.05) is 19.1 Å². The predicted octanol–water partition coefficient (Wildman–Crippen LogP) is 2.13. The van der Waals surface area contributed by atoms with Crippen molar-refractivity contribution in [2.45, 2.75) is 26.1 Å². The maximum atomic E-state index is 5.89. The van der Waals surface area contributed by atoms with Crippen LogP contribution in [0, 0.1) is 0 Å². The largest absolute Gasteiger partial charge is 0.494 e. The van der Waals surface area contributed by atoms with Crippen LogP contribution in [0.5, 0.6) is 5.75 Å². The van der Waals surface area contributed by atoms with Crippen LogP contribution in [0.2, 0.25) is 0 Å². The van der Waals surface area contributed by atoms with Crippen molar-refractivity contribution >= 4 is 0 Å². The van der Waals surface area contributed by atoms with E-state index in [2.05, 4.69) is 24.4 Å². The molecule has 1 aliphatic rings. The summed E-state index contributed by atoms with van der Waals surface area (Å²) in [6.45, 7) is 6.59. The zero-order valence-corrected chi connectivity index (χ0v) is 9.90. The molecular weight excluding hydrogens is 202 g/mol. The van der Waals surface area contributed by atoms with Gasteiger partial charge in [-0.2, -0.15) is 0 Å². The van der Waals surface area contributed by atoms with Crippen LogP contribution in [-0.2, 0) is 4.74 Å². The van der Waals surface area contributed by atoms with E-state index in [4.69, 9.17) is 9.47 Å². The van der Waals surface area contributed by atoms with Crippen molar-refractivity contribution < 1.29 is 9.47 Å². The smallest absolute Gasteiger partial charge is 0.119 e. The summed E-state index contributed by atoms with van der Waals surface area (Å²) >= 11 is 0. The van der Waals surface area contributed by atoms with Gasteiger partial charge in [0.15, 0.2) is 0 Å². The van der Waals surface area contributed by atoms with Gasteiger partial charge in [-0.15, -0.1) is 0 Å². The van der Waals surface area contributed by atoms with Gasteiger partial charge in [-0.1, -0.05) is 12.1 Å². The molecule has 1 aliphatic heterocycles. The first-order valence-electron chi connectivity index (χ1n) is 5.88. The summed E-state index contributed by atoms with van der Waals surface area (Å²) < 4.78 is 11.4. The molecule has 0 bridgehead atoms.